The summed E-state index contributed by atoms with van der Waals surface area (Å²) in [7, 11) is 3.68. The van der Waals surface area contributed by atoms with Crippen molar-refractivity contribution in [3.63, 3.8) is 0 Å². The van der Waals surface area contributed by atoms with Crippen molar-refractivity contribution in [2.75, 3.05) is 14.1 Å². The van der Waals surface area contributed by atoms with Crippen molar-refractivity contribution in [1.82, 2.24) is 10.1 Å². The van der Waals surface area contributed by atoms with Crippen LogP contribution >= 0.6 is 22.9 Å². The normalized spacial score (nSPS) is 12.0. The predicted octanol–water partition coefficient (Wildman–Crippen LogP) is 5.32. The maximum atomic E-state index is 12.3. The van der Waals surface area contributed by atoms with Gasteiger partial charge in [-0.3, -0.25) is 10.2 Å². The first-order valence-electron chi connectivity index (χ1n) is 8.47. The number of rotatable bonds is 6. The second kappa shape index (κ2) is 8.06. The maximum absolute atomic E-state index is 12.3. The molecule has 0 aliphatic carbocycles. The number of carbonyl (C=O) groups is 1. The monoisotopic (exact) mass is 401 g/mol. The van der Waals surface area contributed by atoms with Gasteiger partial charge in [-0.1, -0.05) is 47.9 Å². The summed E-state index contributed by atoms with van der Waals surface area (Å²) in [5.41, 5.74) is 2.45. The number of benzene rings is 1. The fourth-order valence-corrected chi connectivity index (χ4v) is 3.65. The minimum absolute atomic E-state index is 0.0453. The van der Waals surface area contributed by atoms with E-state index in [1.165, 1.54) is 11.3 Å². The summed E-state index contributed by atoms with van der Waals surface area (Å²) in [6.07, 6.45) is 0.338. The third-order valence-electron chi connectivity index (χ3n) is 4.26. The number of nitrogens with zero attached hydrogens (tertiary/aromatic N) is 2. The average molecular weight is 402 g/mol. The molecule has 5 nitrogen and oxygen atoms in total. The number of aromatic nitrogens is 1. The van der Waals surface area contributed by atoms with Gasteiger partial charge in [-0.25, -0.2) is 0 Å². The van der Waals surface area contributed by atoms with Crippen molar-refractivity contribution >= 4 is 34.6 Å². The molecule has 2 heterocycles. The Morgan fingerprint density at radius 3 is 2.56 bits per heavy atom. The number of amidine groups is 1. The van der Waals surface area contributed by atoms with Crippen LogP contribution in [0.4, 0.5) is 0 Å². The van der Waals surface area contributed by atoms with Gasteiger partial charge in [-0.2, -0.15) is 0 Å². The lowest BCUT2D eigenvalue weighted by Gasteiger charge is -2.13. The zero-order valence-corrected chi connectivity index (χ0v) is 16.9. The fourth-order valence-electron chi connectivity index (χ4n) is 2.66. The Labute approximate surface area is 167 Å². The van der Waals surface area contributed by atoms with Crippen LogP contribution in [-0.4, -0.2) is 35.8 Å². The largest absolute Gasteiger partial charge is 0.363 e. The molecule has 140 valence electrons. The molecule has 0 unspecified atom stereocenters. The molecule has 0 aliphatic heterocycles. The van der Waals surface area contributed by atoms with Gasteiger partial charge in [0.2, 0.25) is 0 Å². The first kappa shape index (κ1) is 19.3. The zero-order valence-electron chi connectivity index (χ0n) is 15.3. The molecule has 0 saturated carbocycles. The van der Waals surface area contributed by atoms with Gasteiger partial charge in [-0.15, -0.1) is 11.3 Å². The van der Waals surface area contributed by atoms with E-state index in [0.717, 1.165) is 11.1 Å². The van der Waals surface area contributed by atoms with Gasteiger partial charge in [0, 0.05) is 43.6 Å². The number of ketones is 1. The van der Waals surface area contributed by atoms with E-state index < -0.39 is 0 Å². The minimum Gasteiger partial charge on any atom is -0.363 e. The summed E-state index contributed by atoms with van der Waals surface area (Å²) >= 11 is 7.19. The van der Waals surface area contributed by atoms with Crippen molar-refractivity contribution in [3.05, 3.63) is 63.0 Å². The van der Waals surface area contributed by atoms with E-state index >= 15 is 0 Å². The van der Waals surface area contributed by atoms with Crippen LogP contribution in [0, 0.1) is 5.41 Å². The van der Waals surface area contributed by atoms with E-state index in [1.54, 1.807) is 17.0 Å². The topological polar surface area (TPSA) is 70.2 Å². The van der Waals surface area contributed by atoms with E-state index in [2.05, 4.69) is 5.16 Å². The van der Waals surface area contributed by atoms with E-state index in [-0.39, 0.29) is 11.7 Å². The van der Waals surface area contributed by atoms with E-state index in [0.29, 0.717) is 32.9 Å². The molecular formula is C20H20ClN3O2S. The number of nitrogens with one attached hydrogen (secondary N) is 1. The van der Waals surface area contributed by atoms with Gasteiger partial charge in [0.15, 0.2) is 5.78 Å². The Morgan fingerprint density at radius 2 is 1.96 bits per heavy atom. The molecule has 3 aromatic rings. The van der Waals surface area contributed by atoms with Gasteiger partial charge in [-0.05, 0) is 12.1 Å². The number of hydrogen-bond acceptors (Lipinski definition) is 5. The Bertz CT molecular complexity index is 960. The number of Topliss-reactive ketones (excluding diaryl/α,β-unsaturated/α-hetero) is 1. The van der Waals surface area contributed by atoms with Crippen LogP contribution in [0.5, 0.6) is 0 Å². The Balaban J connectivity index is 1.70. The second-order valence-corrected chi connectivity index (χ2v) is 8.28. The smallest absolute Gasteiger partial charge is 0.173 e. The molecule has 27 heavy (non-hydrogen) atoms. The van der Waals surface area contributed by atoms with Gasteiger partial charge in [0.1, 0.15) is 17.3 Å². The molecule has 1 N–H and O–H groups in total. The fraction of sp³-hybridized carbons (Fsp3) is 0.250. The van der Waals surface area contributed by atoms with Crippen LogP contribution in [0.25, 0.3) is 11.3 Å². The highest BCUT2D eigenvalue weighted by Crippen LogP contribution is 2.29. The molecule has 0 radical (unpaired) electrons. The highest BCUT2D eigenvalue weighted by atomic mass is 35.5. The summed E-state index contributed by atoms with van der Waals surface area (Å²) in [6.45, 7) is 1.94. The highest BCUT2D eigenvalue weighted by Gasteiger charge is 2.19. The molecule has 0 aliphatic rings. The molecule has 1 atom stereocenters. The van der Waals surface area contributed by atoms with Crippen LogP contribution < -0.4 is 0 Å². The first-order valence-corrected chi connectivity index (χ1v) is 9.66. The van der Waals surface area contributed by atoms with Crippen molar-refractivity contribution in [3.8, 4) is 11.3 Å². The third kappa shape index (κ3) is 4.46. The lowest BCUT2D eigenvalue weighted by atomic mass is 10.00. The molecule has 0 spiro atoms. The molecule has 0 fully saturated rings. The van der Waals surface area contributed by atoms with Crippen LogP contribution in [-0.2, 0) is 0 Å². The van der Waals surface area contributed by atoms with Gasteiger partial charge in [0.25, 0.3) is 0 Å². The predicted molar refractivity (Wildman–Crippen MR) is 109 cm³/mol. The van der Waals surface area contributed by atoms with E-state index in [9.17, 15) is 4.79 Å². The van der Waals surface area contributed by atoms with Crippen molar-refractivity contribution < 1.29 is 9.32 Å². The molecule has 3 rings (SSSR count). The minimum atomic E-state index is -0.0826. The zero-order chi connectivity index (χ0) is 19.6. The molecular weight excluding hydrogens is 382 g/mol. The van der Waals surface area contributed by atoms with Gasteiger partial charge < -0.3 is 9.42 Å². The van der Waals surface area contributed by atoms with Crippen molar-refractivity contribution in [1.29, 1.82) is 5.41 Å². The van der Waals surface area contributed by atoms with Crippen molar-refractivity contribution in [2.45, 2.75) is 19.3 Å². The molecule has 0 amide bonds. The van der Waals surface area contributed by atoms with E-state index in [1.807, 2.05) is 51.4 Å². The van der Waals surface area contributed by atoms with Crippen LogP contribution in [0.15, 0.2) is 47.0 Å². The quantitative estimate of drug-likeness (QED) is 0.344. The highest BCUT2D eigenvalue weighted by molar-refractivity contribution is 7.18. The molecule has 2 aromatic heterocycles. The Hall–Kier alpha value is -2.44. The summed E-state index contributed by atoms with van der Waals surface area (Å²) in [5.74, 6) is 1.08. The van der Waals surface area contributed by atoms with Crippen LogP contribution in [0.3, 0.4) is 0 Å². The maximum Gasteiger partial charge on any atom is 0.173 e. The van der Waals surface area contributed by atoms with E-state index in [4.69, 9.17) is 21.5 Å². The Kier molecular flexibility index (Phi) is 5.77. The number of carbonyl (C=O) groups excluding carboxylic acids is 1. The van der Waals surface area contributed by atoms with Gasteiger partial charge >= 0.3 is 0 Å². The second-order valence-electron chi connectivity index (χ2n) is 6.57. The summed E-state index contributed by atoms with van der Waals surface area (Å²) in [5, 5.41) is 12.1. The standard InChI is InChI=1S/C20H20ClN3O2S/c1-12(10-16(25)18-8-9-19(21)27-18)17-11-15(23-26-17)13-4-6-14(7-5-13)20(22)24(2)3/h4-9,11-12,22H,10H2,1-3H3/t12-/m1/s1. The average Bonchev–Trinajstić information content (AvgIpc) is 3.30. The number of halogens is 1. The lowest BCUT2D eigenvalue weighted by molar-refractivity contribution is 0.0975. The summed E-state index contributed by atoms with van der Waals surface area (Å²) in [4.78, 5) is 14.8. The van der Waals surface area contributed by atoms with Gasteiger partial charge in [0.05, 0.1) is 9.21 Å². The van der Waals surface area contributed by atoms with Crippen molar-refractivity contribution in [2.24, 2.45) is 0 Å². The SMILES string of the molecule is C[C@H](CC(=O)c1ccc(Cl)s1)c1cc(-c2ccc(C(=N)N(C)C)cc2)no1. The summed E-state index contributed by atoms with van der Waals surface area (Å²) < 4.78 is 6.07. The third-order valence-corrected chi connectivity index (χ3v) is 5.53. The lowest BCUT2D eigenvalue weighted by Crippen LogP contribution is -2.21. The Morgan fingerprint density at radius 1 is 1.26 bits per heavy atom. The summed E-state index contributed by atoms with van der Waals surface area (Å²) in [6, 6.07) is 13.0. The molecule has 0 bridgehead atoms. The molecule has 0 saturated heterocycles. The van der Waals surface area contributed by atoms with Crippen LogP contribution in [0.1, 0.15) is 40.3 Å². The number of thiophene rings is 1. The number of hydrogen-bond donors (Lipinski definition) is 1. The first-order chi connectivity index (χ1) is 12.8. The molecule has 7 heteroatoms. The molecule has 1 aromatic carbocycles. The van der Waals surface area contributed by atoms with Crippen LogP contribution in [0.2, 0.25) is 4.34 Å².